The second kappa shape index (κ2) is 7.13. The van der Waals surface area contributed by atoms with Gasteiger partial charge in [0.15, 0.2) is 0 Å². The molecule has 144 valence electrons. The van der Waals surface area contributed by atoms with E-state index in [-0.39, 0.29) is 21.7 Å². The second-order valence-electron chi connectivity index (χ2n) is 7.26. The summed E-state index contributed by atoms with van der Waals surface area (Å²) in [5.41, 5.74) is 3.22. The number of sulfonamides is 1. The van der Waals surface area contributed by atoms with Gasteiger partial charge in [-0.25, -0.2) is 8.42 Å². The van der Waals surface area contributed by atoms with Crippen molar-refractivity contribution >= 4 is 37.3 Å². The highest BCUT2D eigenvalue weighted by Gasteiger charge is 2.20. The average molecular weight is 405 g/mol. The average Bonchev–Trinajstić information content (AvgIpc) is 2.91. The van der Waals surface area contributed by atoms with Gasteiger partial charge in [-0.3, -0.25) is 14.1 Å². The summed E-state index contributed by atoms with van der Waals surface area (Å²) >= 11 is 1.07. The van der Waals surface area contributed by atoms with E-state index < -0.39 is 10.0 Å². The molecule has 0 bridgehead atoms. The van der Waals surface area contributed by atoms with E-state index >= 15 is 0 Å². The Kier molecular flexibility index (Phi) is 5.18. The van der Waals surface area contributed by atoms with Gasteiger partial charge in [-0.15, -0.1) is 0 Å². The van der Waals surface area contributed by atoms with Crippen LogP contribution in [0.25, 0.3) is 10.2 Å². The van der Waals surface area contributed by atoms with Crippen LogP contribution in [0.4, 0.5) is 5.69 Å². The maximum atomic E-state index is 13.0. The Hall–Kier alpha value is -2.12. The number of benzene rings is 2. The molecule has 1 aromatic heterocycles. The number of hydrogen-bond donors (Lipinski definition) is 1. The summed E-state index contributed by atoms with van der Waals surface area (Å²) in [6.45, 7) is 9.83. The minimum atomic E-state index is -3.76. The lowest BCUT2D eigenvalue weighted by Crippen LogP contribution is -2.16. The number of aryl methyl sites for hydroxylation is 1. The van der Waals surface area contributed by atoms with E-state index in [1.807, 2.05) is 52.8 Å². The van der Waals surface area contributed by atoms with E-state index in [1.54, 1.807) is 22.8 Å². The maximum Gasteiger partial charge on any atom is 0.308 e. The Morgan fingerprint density at radius 3 is 2.41 bits per heavy atom. The number of aromatic nitrogens is 1. The number of thiazole rings is 1. The summed E-state index contributed by atoms with van der Waals surface area (Å²) in [6, 6.07) is 10.6. The minimum Gasteiger partial charge on any atom is -0.296 e. The van der Waals surface area contributed by atoms with Crippen LogP contribution in [0.2, 0.25) is 0 Å². The van der Waals surface area contributed by atoms with Crippen molar-refractivity contribution < 1.29 is 8.42 Å². The van der Waals surface area contributed by atoms with Gasteiger partial charge in [0.2, 0.25) is 0 Å². The molecule has 0 saturated heterocycles. The molecule has 2 aromatic carbocycles. The van der Waals surface area contributed by atoms with Crippen LogP contribution in [-0.2, 0) is 10.0 Å². The van der Waals surface area contributed by atoms with Gasteiger partial charge in [0.05, 0.1) is 20.8 Å². The predicted octanol–water partition coefficient (Wildman–Crippen LogP) is 4.88. The van der Waals surface area contributed by atoms with Crippen LogP contribution in [0.1, 0.15) is 50.8 Å². The van der Waals surface area contributed by atoms with Gasteiger partial charge in [-0.2, -0.15) is 0 Å². The van der Waals surface area contributed by atoms with E-state index in [0.717, 1.165) is 28.0 Å². The Morgan fingerprint density at radius 1 is 1.07 bits per heavy atom. The number of para-hydroxylation sites is 1. The Morgan fingerprint density at radius 2 is 1.78 bits per heavy atom. The van der Waals surface area contributed by atoms with E-state index in [4.69, 9.17) is 0 Å². The van der Waals surface area contributed by atoms with Crippen LogP contribution < -0.4 is 9.60 Å². The van der Waals surface area contributed by atoms with Crippen molar-refractivity contribution in [3.05, 3.63) is 57.2 Å². The van der Waals surface area contributed by atoms with Crippen molar-refractivity contribution in [2.24, 2.45) is 0 Å². The molecule has 7 heteroatoms. The van der Waals surface area contributed by atoms with Gasteiger partial charge in [0.25, 0.3) is 10.0 Å². The SMILES string of the molecule is Cc1cccc(C(C)C)c1NS(=O)(=O)c1ccc2c(c1)sc(=O)n2C(C)C. The molecule has 0 fully saturated rings. The van der Waals surface area contributed by atoms with Crippen molar-refractivity contribution in [2.75, 3.05) is 4.72 Å². The molecule has 1 N–H and O–H groups in total. The molecule has 1 heterocycles. The first-order valence-corrected chi connectivity index (χ1v) is 11.2. The molecular formula is C20H24N2O3S2. The molecule has 5 nitrogen and oxygen atoms in total. The van der Waals surface area contributed by atoms with Crippen LogP contribution in [0, 0.1) is 6.92 Å². The highest BCUT2D eigenvalue weighted by Crippen LogP contribution is 2.30. The van der Waals surface area contributed by atoms with Crippen molar-refractivity contribution in [1.29, 1.82) is 0 Å². The van der Waals surface area contributed by atoms with Crippen LogP contribution in [0.5, 0.6) is 0 Å². The lowest BCUT2D eigenvalue weighted by molar-refractivity contribution is 0.601. The second-order valence-corrected chi connectivity index (χ2v) is 9.94. The normalized spacial score (nSPS) is 12.3. The molecule has 0 saturated carbocycles. The monoisotopic (exact) mass is 404 g/mol. The topological polar surface area (TPSA) is 68.2 Å². The third-order valence-electron chi connectivity index (χ3n) is 4.57. The molecule has 27 heavy (non-hydrogen) atoms. The molecule has 0 atom stereocenters. The third kappa shape index (κ3) is 3.66. The summed E-state index contributed by atoms with van der Waals surface area (Å²) in [4.78, 5) is 12.3. The number of fused-ring (bicyclic) bond motifs is 1. The standard InChI is InChI=1S/C20H24N2O3S2/c1-12(2)16-8-6-7-14(5)19(16)21-27(24,25)15-9-10-17-18(11-15)26-20(23)22(17)13(3)4/h6-13,21H,1-5H3. The first kappa shape index (κ1) is 19.6. The van der Waals surface area contributed by atoms with Gasteiger partial charge < -0.3 is 0 Å². The largest absolute Gasteiger partial charge is 0.308 e. The number of nitrogens with zero attached hydrogens (tertiary/aromatic N) is 1. The quantitative estimate of drug-likeness (QED) is 0.659. The molecular weight excluding hydrogens is 380 g/mol. The van der Waals surface area contributed by atoms with Crippen LogP contribution in [0.15, 0.2) is 46.1 Å². The maximum absolute atomic E-state index is 13.0. The lowest BCUT2D eigenvalue weighted by Gasteiger charge is -2.17. The van der Waals surface area contributed by atoms with E-state index in [1.165, 1.54) is 0 Å². The summed E-state index contributed by atoms with van der Waals surface area (Å²) in [6.07, 6.45) is 0. The summed E-state index contributed by atoms with van der Waals surface area (Å²) in [7, 11) is -3.76. The van der Waals surface area contributed by atoms with Crippen molar-refractivity contribution in [3.8, 4) is 0 Å². The molecule has 0 aliphatic heterocycles. The fourth-order valence-electron chi connectivity index (χ4n) is 3.18. The highest BCUT2D eigenvalue weighted by molar-refractivity contribution is 7.92. The van der Waals surface area contributed by atoms with Crippen molar-refractivity contribution in [1.82, 2.24) is 4.57 Å². The van der Waals surface area contributed by atoms with E-state index in [2.05, 4.69) is 4.72 Å². The van der Waals surface area contributed by atoms with Crippen molar-refractivity contribution in [3.63, 3.8) is 0 Å². The smallest absolute Gasteiger partial charge is 0.296 e. The number of hydrogen-bond acceptors (Lipinski definition) is 4. The molecule has 0 spiro atoms. The molecule has 0 aliphatic rings. The Labute approximate surface area is 163 Å². The lowest BCUT2D eigenvalue weighted by atomic mass is 9.99. The van der Waals surface area contributed by atoms with Gasteiger partial charge in [-0.05, 0) is 56.0 Å². The molecule has 0 radical (unpaired) electrons. The summed E-state index contributed by atoms with van der Waals surface area (Å²) in [5, 5.41) is 0. The summed E-state index contributed by atoms with van der Waals surface area (Å²) in [5.74, 6) is 0.190. The number of anilines is 1. The first-order chi connectivity index (χ1) is 12.6. The molecule has 0 amide bonds. The first-order valence-electron chi connectivity index (χ1n) is 8.89. The Bertz CT molecular complexity index is 1160. The highest BCUT2D eigenvalue weighted by atomic mass is 32.2. The Balaban J connectivity index is 2.08. The minimum absolute atomic E-state index is 0.0207. The van der Waals surface area contributed by atoms with Gasteiger partial charge in [-0.1, -0.05) is 43.4 Å². The fourth-order valence-corrected chi connectivity index (χ4v) is 5.49. The number of nitrogens with one attached hydrogen (secondary N) is 1. The van der Waals surface area contributed by atoms with Gasteiger partial charge >= 0.3 is 4.87 Å². The van der Waals surface area contributed by atoms with E-state index in [0.29, 0.717) is 10.4 Å². The van der Waals surface area contributed by atoms with E-state index in [9.17, 15) is 13.2 Å². The third-order valence-corrected chi connectivity index (χ3v) is 6.84. The summed E-state index contributed by atoms with van der Waals surface area (Å²) < 4.78 is 31.1. The zero-order chi connectivity index (χ0) is 19.9. The van der Waals surface area contributed by atoms with Crippen molar-refractivity contribution in [2.45, 2.75) is 51.5 Å². The molecule has 0 unspecified atom stereocenters. The van der Waals surface area contributed by atoms with Gasteiger partial charge in [0, 0.05) is 6.04 Å². The van der Waals surface area contributed by atoms with Crippen LogP contribution >= 0.6 is 11.3 Å². The molecule has 0 aliphatic carbocycles. The molecule has 3 aromatic rings. The zero-order valence-electron chi connectivity index (χ0n) is 16.1. The zero-order valence-corrected chi connectivity index (χ0v) is 17.7. The van der Waals surface area contributed by atoms with Crippen LogP contribution in [0.3, 0.4) is 0 Å². The predicted molar refractivity (Wildman–Crippen MR) is 113 cm³/mol. The van der Waals surface area contributed by atoms with Crippen LogP contribution in [-0.4, -0.2) is 13.0 Å². The molecule has 3 rings (SSSR count). The number of rotatable bonds is 5. The van der Waals surface area contributed by atoms with Gasteiger partial charge in [0.1, 0.15) is 0 Å². The fraction of sp³-hybridized carbons (Fsp3) is 0.350.